The lowest BCUT2D eigenvalue weighted by atomic mass is 9.91. The van der Waals surface area contributed by atoms with Crippen LogP contribution in [0.4, 0.5) is 10.5 Å². The largest absolute Gasteiger partial charge is 0.371 e. The second-order valence-corrected chi connectivity index (χ2v) is 5.36. The van der Waals surface area contributed by atoms with Gasteiger partial charge in [0.25, 0.3) is 0 Å². The molecule has 5 heteroatoms. The third-order valence-corrected chi connectivity index (χ3v) is 3.78. The van der Waals surface area contributed by atoms with Gasteiger partial charge in [0.2, 0.25) is 0 Å². The summed E-state index contributed by atoms with van der Waals surface area (Å²) in [4.78, 5) is 13.7. The zero-order valence-corrected chi connectivity index (χ0v) is 10.7. The lowest BCUT2D eigenvalue weighted by Crippen LogP contribution is -2.63. The summed E-state index contributed by atoms with van der Waals surface area (Å²) in [6.07, 6.45) is 2.17. The van der Waals surface area contributed by atoms with Crippen LogP contribution in [0.25, 0.3) is 0 Å². The molecule has 0 bridgehead atoms. The molecule has 1 N–H and O–H groups in total. The van der Waals surface area contributed by atoms with Gasteiger partial charge in [-0.25, -0.2) is 4.79 Å². The number of urea groups is 1. The first kappa shape index (κ1) is 11.8. The zero-order chi connectivity index (χ0) is 12.6. The molecule has 2 aliphatic rings. The molecule has 2 fully saturated rings. The Morgan fingerprint density at radius 1 is 1.33 bits per heavy atom. The monoisotopic (exact) mass is 266 g/mol. The maximum absolute atomic E-state index is 11.9. The first-order valence-corrected chi connectivity index (χ1v) is 6.50. The molecule has 0 radical (unpaired) electrons. The molecular formula is C13H15ClN2O2. The van der Waals surface area contributed by atoms with E-state index in [1.807, 2.05) is 0 Å². The van der Waals surface area contributed by atoms with Crippen LogP contribution in [0.5, 0.6) is 0 Å². The number of carbonyl (C=O) groups is 1. The third kappa shape index (κ3) is 2.18. The summed E-state index contributed by atoms with van der Waals surface area (Å²) in [5.41, 5.74) is 0.717. The van der Waals surface area contributed by atoms with E-state index in [0.717, 1.165) is 25.1 Å². The van der Waals surface area contributed by atoms with Gasteiger partial charge in [-0.3, -0.25) is 0 Å². The smallest absolute Gasteiger partial charge is 0.322 e. The van der Waals surface area contributed by atoms with Crippen LogP contribution in [0.2, 0.25) is 5.02 Å². The highest BCUT2D eigenvalue weighted by Crippen LogP contribution is 2.35. The molecule has 18 heavy (non-hydrogen) atoms. The van der Waals surface area contributed by atoms with Crippen molar-refractivity contribution >= 4 is 23.3 Å². The number of benzene rings is 1. The third-order valence-electron chi connectivity index (χ3n) is 3.53. The van der Waals surface area contributed by atoms with Gasteiger partial charge in [0.1, 0.15) is 5.60 Å². The van der Waals surface area contributed by atoms with Crippen molar-refractivity contribution in [3.63, 3.8) is 0 Å². The number of nitrogens with one attached hydrogen (secondary N) is 1. The van der Waals surface area contributed by atoms with Gasteiger partial charge in [0.05, 0.1) is 13.1 Å². The number of anilines is 1. The molecule has 3 rings (SSSR count). The molecule has 0 saturated carbocycles. The maximum atomic E-state index is 11.9. The Hall–Kier alpha value is -1.26. The van der Waals surface area contributed by atoms with Crippen LogP contribution in [0.1, 0.15) is 12.8 Å². The van der Waals surface area contributed by atoms with E-state index in [4.69, 9.17) is 16.3 Å². The fourth-order valence-electron chi connectivity index (χ4n) is 2.53. The van der Waals surface area contributed by atoms with E-state index >= 15 is 0 Å². The highest BCUT2D eigenvalue weighted by molar-refractivity contribution is 6.30. The standard InChI is InChI=1S/C13H15ClN2O2/c14-10-2-4-11(5-3-10)15-12(17)16-8-13(9-16)6-1-7-18-13/h2-5H,1,6-9H2,(H,15,17). The van der Waals surface area contributed by atoms with Gasteiger partial charge < -0.3 is 15.0 Å². The van der Waals surface area contributed by atoms with Crippen molar-refractivity contribution in [1.82, 2.24) is 4.90 Å². The Labute approximate surface area is 111 Å². The van der Waals surface area contributed by atoms with Gasteiger partial charge >= 0.3 is 6.03 Å². The number of ether oxygens (including phenoxy) is 1. The topological polar surface area (TPSA) is 41.6 Å². The highest BCUT2D eigenvalue weighted by Gasteiger charge is 2.48. The molecule has 2 aliphatic heterocycles. The van der Waals surface area contributed by atoms with Gasteiger partial charge in [-0.05, 0) is 37.1 Å². The quantitative estimate of drug-likeness (QED) is 0.849. The van der Waals surface area contributed by atoms with E-state index in [0.29, 0.717) is 18.1 Å². The Morgan fingerprint density at radius 3 is 2.67 bits per heavy atom. The van der Waals surface area contributed by atoms with Gasteiger partial charge in [-0.15, -0.1) is 0 Å². The first-order valence-electron chi connectivity index (χ1n) is 6.12. The highest BCUT2D eigenvalue weighted by atomic mass is 35.5. The van der Waals surface area contributed by atoms with Crippen LogP contribution in [0, 0.1) is 0 Å². The van der Waals surface area contributed by atoms with Gasteiger partial charge in [0.15, 0.2) is 0 Å². The van der Waals surface area contributed by atoms with Crippen LogP contribution in [-0.2, 0) is 4.74 Å². The molecule has 0 atom stereocenters. The second kappa shape index (κ2) is 4.44. The van der Waals surface area contributed by atoms with Gasteiger partial charge in [-0.2, -0.15) is 0 Å². The molecule has 1 aromatic carbocycles. The molecule has 0 unspecified atom stereocenters. The second-order valence-electron chi connectivity index (χ2n) is 4.93. The van der Waals surface area contributed by atoms with Gasteiger partial charge in [0, 0.05) is 17.3 Å². The zero-order valence-electron chi connectivity index (χ0n) is 9.99. The fraction of sp³-hybridized carbons (Fsp3) is 0.462. The molecule has 0 aromatic heterocycles. The number of nitrogens with zero attached hydrogens (tertiary/aromatic N) is 1. The summed E-state index contributed by atoms with van der Waals surface area (Å²) in [5.74, 6) is 0. The van der Waals surface area contributed by atoms with E-state index in [1.54, 1.807) is 29.2 Å². The predicted molar refractivity (Wildman–Crippen MR) is 70.0 cm³/mol. The minimum Gasteiger partial charge on any atom is -0.371 e. The van der Waals surface area contributed by atoms with Crippen molar-refractivity contribution < 1.29 is 9.53 Å². The van der Waals surface area contributed by atoms with Crippen molar-refractivity contribution in [1.29, 1.82) is 0 Å². The van der Waals surface area contributed by atoms with Crippen LogP contribution < -0.4 is 5.32 Å². The molecule has 96 valence electrons. The normalized spacial score (nSPS) is 20.8. The summed E-state index contributed by atoms with van der Waals surface area (Å²) in [6.45, 7) is 2.23. The lowest BCUT2D eigenvalue weighted by Gasteiger charge is -2.46. The fourth-order valence-corrected chi connectivity index (χ4v) is 2.66. The minimum absolute atomic E-state index is 0.0443. The van der Waals surface area contributed by atoms with Crippen molar-refractivity contribution in [2.75, 3.05) is 25.0 Å². The molecule has 1 spiro atoms. The van der Waals surface area contributed by atoms with Crippen LogP contribution in [0.3, 0.4) is 0 Å². The number of likely N-dealkylation sites (tertiary alicyclic amines) is 1. The number of amides is 2. The first-order chi connectivity index (χ1) is 8.67. The van der Waals surface area contributed by atoms with Crippen LogP contribution in [0.15, 0.2) is 24.3 Å². The molecular weight excluding hydrogens is 252 g/mol. The molecule has 0 aliphatic carbocycles. The average Bonchev–Trinajstić information content (AvgIpc) is 2.79. The maximum Gasteiger partial charge on any atom is 0.322 e. The van der Waals surface area contributed by atoms with E-state index in [-0.39, 0.29) is 11.6 Å². The summed E-state index contributed by atoms with van der Waals surface area (Å²) < 4.78 is 5.68. The van der Waals surface area contributed by atoms with E-state index in [9.17, 15) is 4.79 Å². The number of hydrogen-bond donors (Lipinski definition) is 1. The number of halogens is 1. The average molecular weight is 267 g/mol. The molecule has 2 heterocycles. The molecule has 2 saturated heterocycles. The van der Waals surface area contributed by atoms with Crippen molar-refractivity contribution in [3.8, 4) is 0 Å². The number of carbonyl (C=O) groups excluding carboxylic acids is 1. The van der Waals surface area contributed by atoms with Crippen molar-refractivity contribution in [3.05, 3.63) is 29.3 Å². The number of hydrogen-bond acceptors (Lipinski definition) is 2. The van der Waals surface area contributed by atoms with Crippen LogP contribution >= 0.6 is 11.6 Å². The Bertz CT molecular complexity index is 447. The summed E-state index contributed by atoms with van der Waals surface area (Å²) in [7, 11) is 0. The SMILES string of the molecule is O=C(Nc1ccc(Cl)cc1)N1CC2(CCCO2)C1. The molecule has 4 nitrogen and oxygen atoms in total. The summed E-state index contributed by atoms with van der Waals surface area (Å²) in [6, 6.07) is 7.03. The van der Waals surface area contributed by atoms with Gasteiger partial charge in [-0.1, -0.05) is 11.6 Å². The minimum atomic E-state index is -0.0709. The number of rotatable bonds is 1. The van der Waals surface area contributed by atoms with Crippen molar-refractivity contribution in [2.45, 2.75) is 18.4 Å². The lowest BCUT2D eigenvalue weighted by molar-refractivity contribution is -0.0893. The summed E-state index contributed by atoms with van der Waals surface area (Å²) in [5, 5.41) is 3.51. The summed E-state index contributed by atoms with van der Waals surface area (Å²) >= 11 is 5.79. The predicted octanol–water partition coefficient (Wildman–Crippen LogP) is 2.74. The Kier molecular flexibility index (Phi) is 2.92. The van der Waals surface area contributed by atoms with E-state index in [2.05, 4.69) is 5.32 Å². The van der Waals surface area contributed by atoms with E-state index < -0.39 is 0 Å². The Morgan fingerprint density at radius 2 is 2.06 bits per heavy atom. The molecule has 2 amide bonds. The molecule has 1 aromatic rings. The van der Waals surface area contributed by atoms with Crippen molar-refractivity contribution in [2.24, 2.45) is 0 Å². The van der Waals surface area contributed by atoms with E-state index in [1.165, 1.54) is 0 Å². The Balaban J connectivity index is 1.55. The van der Waals surface area contributed by atoms with Crippen LogP contribution in [-0.4, -0.2) is 36.2 Å².